The van der Waals surface area contributed by atoms with E-state index in [9.17, 15) is 0 Å². The number of benzene rings is 1. The third kappa shape index (κ3) is 2.60. The zero-order valence-corrected chi connectivity index (χ0v) is 8.90. The Balaban J connectivity index is 2.14. The minimum absolute atomic E-state index is 0.249. The van der Waals surface area contributed by atoms with Crippen LogP contribution in [0, 0.1) is 6.92 Å². The first-order chi connectivity index (χ1) is 7.24. The zero-order valence-electron chi connectivity index (χ0n) is 8.08. The van der Waals surface area contributed by atoms with Crippen LogP contribution < -0.4 is 0 Å². The van der Waals surface area contributed by atoms with Crippen molar-refractivity contribution in [2.24, 2.45) is 4.99 Å². The summed E-state index contributed by atoms with van der Waals surface area (Å²) < 4.78 is 0. The van der Waals surface area contributed by atoms with Gasteiger partial charge in [0.1, 0.15) is 10.8 Å². The van der Waals surface area contributed by atoms with Crippen molar-refractivity contribution in [2.45, 2.75) is 6.92 Å². The Labute approximate surface area is 91.0 Å². The third-order valence-electron chi connectivity index (χ3n) is 1.73. The van der Waals surface area contributed by atoms with E-state index >= 15 is 0 Å². The molecule has 0 amide bonds. The minimum atomic E-state index is 0.249. The molecule has 1 N–H and O–H groups in total. The van der Waals surface area contributed by atoms with Crippen molar-refractivity contribution in [3.8, 4) is 5.75 Å². The molecule has 0 atom stereocenters. The molecule has 76 valence electrons. The molecule has 1 aromatic carbocycles. The summed E-state index contributed by atoms with van der Waals surface area (Å²) >= 11 is 1.44. The van der Waals surface area contributed by atoms with Crippen LogP contribution in [0.25, 0.3) is 0 Å². The summed E-state index contributed by atoms with van der Waals surface area (Å²) in [5.41, 5.74) is 0.917. The van der Waals surface area contributed by atoms with Crippen molar-refractivity contribution in [3.63, 3.8) is 0 Å². The van der Waals surface area contributed by atoms with E-state index in [2.05, 4.69) is 15.2 Å². The van der Waals surface area contributed by atoms with Crippen LogP contribution in [0.15, 0.2) is 29.3 Å². The van der Waals surface area contributed by atoms with Gasteiger partial charge in [0, 0.05) is 6.21 Å². The Morgan fingerprint density at radius 3 is 2.60 bits per heavy atom. The normalized spacial score (nSPS) is 11.0. The number of aryl methyl sites for hydroxylation is 1. The SMILES string of the molecule is Cc1nnc(/N=C\c2ccc(O)cc2)s1. The Hall–Kier alpha value is -1.75. The molecule has 0 bridgehead atoms. The van der Waals surface area contributed by atoms with E-state index in [1.165, 1.54) is 11.3 Å². The molecule has 5 heteroatoms. The number of phenolic OH excluding ortho intramolecular Hbond substituents is 1. The number of nitrogens with zero attached hydrogens (tertiary/aromatic N) is 3. The Kier molecular flexibility index (Phi) is 2.73. The van der Waals surface area contributed by atoms with Crippen LogP contribution in [0.2, 0.25) is 0 Å². The maximum atomic E-state index is 9.08. The van der Waals surface area contributed by atoms with Crippen LogP contribution in [0.5, 0.6) is 5.75 Å². The van der Waals surface area contributed by atoms with Gasteiger partial charge in [-0.05, 0) is 36.8 Å². The predicted octanol–water partition coefficient (Wildman–Crippen LogP) is 2.30. The first kappa shape index (κ1) is 9.79. The molecule has 0 radical (unpaired) electrons. The smallest absolute Gasteiger partial charge is 0.231 e. The molecular formula is C10H9N3OS. The maximum absolute atomic E-state index is 9.08. The molecule has 0 fully saturated rings. The second-order valence-corrected chi connectivity index (χ2v) is 4.11. The van der Waals surface area contributed by atoms with Crippen molar-refractivity contribution in [2.75, 3.05) is 0 Å². The molecular weight excluding hydrogens is 210 g/mol. The van der Waals surface area contributed by atoms with Crippen LogP contribution in [0.1, 0.15) is 10.6 Å². The fourth-order valence-corrected chi connectivity index (χ4v) is 1.56. The van der Waals surface area contributed by atoms with Crippen molar-refractivity contribution < 1.29 is 5.11 Å². The molecule has 1 aromatic heterocycles. The second-order valence-electron chi connectivity index (χ2n) is 2.95. The highest BCUT2D eigenvalue weighted by Gasteiger charge is 1.95. The van der Waals surface area contributed by atoms with Gasteiger partial charge >= 0.3 is 0 Å². The van der Waals surface area contributed by atoms with E-state index < -0.39 is 0 Å². The fourth-order valence-electron chi connectivity index (χ4n) is 1.03. The van der Waals surface area contributed by atoms with E-state index in [0.29, 0.717) is 5.13 Å². The molecule has 4 nitrogen and oxygen atoms in total. The molecule has 0 aliphatic rings. The Morgan fingerprint density at radius 1 is 1.27 bits per heavy atom. The third-order valence-corrected chi connectivity index (χ3v) is 2.48. The van der Waals surface area contributed by atoms with Crippen LogP contribution in [-0.2, 0) is 0 Å². The van der Waals surface area contributed by atoms with Gasteiger partial charge in [-0.15, -0.1) is 10.2 Å². The lowest BCUT2D eigenvalue weighted by molar-refractivity contribution is 0.475. The van der Waals surface area contributed by atoms with E-state index in [4.69, 9.17) is 5.11 Å². The minimum Gasteiger partial charge on any atom is -0.508 e. The number of hydrogen-bond acceptors (Lipinski definition) is 5. The summed E-state index contributed by atoms with van der Waals surface area (Å²) in [7, 11) is 0. The first-order valence-electron chi connectivity index (χ1n) is 4.37. The van der Waals surface area contributed by atoms with Gasteiger partial charge in [0.25, 0.3) is 0 Å². The highest BCUT2D eigenvalue weighted by atomic mass is 32.1. The number of aromatic nitrogens is 2. The molecule has 0 spiro atoms. The van der Waals surface area contributed by atoms with Crippen molar-refractivity contribution in [1.82, 2.24) is 10.2 Å². The molecule has 2 rings (SSSR count). The van der Waals surface area contributed by atoms with Gasteiger partial charge in [-0.2, -0.15) is 0 Å². The predicted molar refractivity (Wildman–Crippen MR) is 60.0 cm³/mol. The molecule has 0 saturated heterocycles. The van der Waals surface area contributed by atoms with Gasteiger partial charge in [-0.3, -0.25) is 0 Å². The fraction of sp³-hybridized carbons (Fsp3) is 0.100. The average molecular weight is 219 g/mol. The first-order valence-corrected chi connectivity index (χ1v) is 5.19. The van der Waals surface area contributed by atoms with Gasteiger partial charge in [0.2, 0.25) is 5.13 Å². The number of hydrogen-bond donors (Lipinski definition) is 1. The van der Waals surface area contributed by atoms with E-state index in [-0.39, 0.29) is 5.75 Å². The van der Waals surface area contributed by atoms with E-state index in [1.807, 2.05) is 6.92 Å². The average Bonchev–Trinajstić information content (AvgIpc) is 2.64. The molecule has 0 saturated carbocycles. The largest absolute Gasteiger partial charge is 0.508 e. The van der Waals surface area contributed by atoms with E-state index in [0.717, 1.165) is 10.6 Å². The summed E-state index contributed by atoms with van der Waals surface area (Å²) in [5, 5.41) is 18.3. The lowest BCUT2D eigenvalue weighted by Gasteiger charge is -1.91. The van der Waals surface area contributed by atoms with E-state index in [1.54, 1.807) is 30.5 Å². The highest BCUT2D eigenvalue weighted by molar-refractivity contribution is 7.14. The summed E-state index contributed by atoms with van der Waals surface area (Å²) in [4.78, 5) is 4.17. The number of aliphatic imine (C=N–C) groups is 1. The second kappa shape index (κ2) is 4.18. The lowest BCUT2D eigenvalue weighted by atomic mass is 10.2. The number of phenols is 1. The van der Waals surface area contributed by atoms with Gasteiger partial charge in [-0.1, -0.05) is 11.3 Å². The van der Waals surface area contributed by atoms with Crippen molar-refractivity contribution in [1.29, 1.82) is 0 Å². The Morgan fingerprint density at radius 2 is 2.00 bits per heavy atom. The van der Waals surface area contributed by atoms with Gasteiger partial charge in [-0.25, -0.2) is 4.99 Å². The Bertz CT molecular complexity index is 476. The van der Waals surface area contributed by atoms with Gasteiger partial charge in [0.15, 0.2) is 0 Å². The molecule has 2 aromatic rings. The van der Waals surface area contributed by atoms with Crippen LogP contribution in [0.4, 0.5) is 5.13 Å². The molecule has 15 heavy (non-hydrogen) atoms. The maximum Gasteiger partial charge on any atom is 0.231 e. The monoisotopic (exact) mass is 219 g/mol. The molecule has 1 heterocycles. The quantitative estimate of drug-likeness (QED) is 0.788. The van der Waals surface area contributed by atoms with Crippen molar-refractivity contribution in [3.05, 3.63) is 34.8 Å². The summed E-state index contributed by atoms with van der Waals surface area (Å²) in [6.07, 6.45) is 1.69. The lowest BCUT2D eigenvalue weighted by Crippen LogP contribution is -1.78. The molecule has 0 aliphatic carbocycles. The van der Waals surface area contributed by atoms with Crippen molar-refractivity contribution >= 4 is 22.7 Å². The number of rotatable bonds is 2. The topological polar surface area (TPSA) is 58.4 Å². The zero-order chi connectivity index (χ0) is 10.7. The molecule has 0 aliphatic heterocycles. The summed E-state index contributed by atoms with van der Waals surface area (Å²) in [6.45, 7) is 1.89. The van der Waals surface area contributed by atoms with Gasteiger partial charge < -0.3 is 5.11 Å². The standard InChI is InChI=1S/C10H9N3OS/c1-7-12-13-10(15-7)11-6-8-2-4-9(14)5-3-8/h2-6,14H,1H3/b11-6-. The van der Waals surface area contributed by atoms with Crippen LogP contribution in [-0.4, -0.2) is 21.5 Å². The molecule has 0 unspecified atom stereocenters. The summed E-state index contributed by atoms with van der Waals surface area (Å²) in [5.74, 6) is 0.249. The van der Waals surface area contributed by atoms with Gasteiger partial charge in [0.05, 0.1) is 0 Å². The van der Waals surface area contributed by atoms with Crippen LogP contribution >= 0.6 is 11.3 Å². The highest BCUT2D eigenvalue weighted by Crippen LogP contribution is 2.17. The number of aromatic hydroxyl groups is 1. The summed E-state index contributed by atoms with van der Waals surface area (Å²) in [6, 6.07) is 6.80. The van der Waals surface area contributed by atoms with Crippen LogP contribution in [0.3, 0.4) is 0 Å².